The van der Waals surface area contributed by atoms with Gasteiger partial charge in [-0.05, 0) is 44.2 Å². The fourth-order valence-corrected chi connectivity index (χ4v) is 3.34. The third kappa shape index (κ3) is 2.75. The van der Waals surface area contributed by atoms with E-state index in [1.807, 2.05) is 6.07 Å². The van der Waals surface area contributed by atoms with Gasteiger partial charge >= 0.3 is 0 Å². The van der Waals surface area contributed by atoms with Crippen molar-refractivity contribution >= 4 is 11.6 Å². The van der Waals surface area contributed by atoms with Crippen LogP contribution in [-0.2, 0) is 5.54 Å². The number of hydrogen-bond acceptors (Lipinski definition) is 2. The fourth-order valence-electron chi connectivity index (χ4n) is 3.02. The first-order chi connectivity index (χ1) is 9.08. The molecule has 2 saturated carbocycles. The Morgan fingerprint density at radius 1 is 1.21 bits per heavy atom. The van der Waals surface area contributed by atoms with Crippen molar-refractivity contribution in [3.63, 3.8) is 0 Å². The lowest BCUT2D eigenvalue weighted by atomic mass is 9.76. The number of ether oxygens (including phenoxy) is 1. The average Bonchev–Trinajstić information content (AvgIpc) is 3.17. The molecule has 0 unspecified atom stereocenters. The van der Waals surface area contributed by atoms with Crippen LogP contribution >= 0.6 is 11.6 Å². The minimum Gasteiger partial charge on any atom is -0.489 e. The lowest BCUT2D eigenvalue weighted by molar-refractivity contribution is 0.263. The maximum Gasteiger partial charge on any atom is 0.143 e. The van der Waals surface area contributed by atoms with Crippen LogP contribution < -0.4 is 10.5 Å². The number of hydrogen-bond donors (Lipinski definition) is 1. The molecule has 0 bridgehead atoms. The summed E-state index contributed by atoms with van der Waals surface area (Å²) in [6.45, 7) is 2.07. The second kappa shape index (κ2) is 4.99. The summed E-state index contributed by atoms with van der Waals surface area (Å²) < 4.78 is 6.05. The van der Waals surface area contributed by atoms with Gasteiger partial charge in [-0.1, -0.05) is 36.9 Å². The minimum absolute atomic E-state index is 0.252. The van der Waals surface area contributed by atoms with Gasteiger partial charge in [0.25, 0.3) is 0 Å². The van der Waals surface area contributed by atoms with Crippen molar-refractivity contribution in [1.82, 2.24) is 0 Å². The van der Waals surface area contributed by atoms with Gasteiger partial charge in [-0.2, -0.15) is 0 Å². The SMILES string of the molecule is Cc1cc(Cl)c(OC2CC2)c(C2(N)CCCCC2)c1. The van der Waals surface area contributed by atoms with Crippen LogP contribution in [0.2, 0.25) is 5.02 Å². The van der Waals surface area contributed by atoms with Gasteiger partial charge < -0.3 is 10.5 Å². The zero-order valence-corrected chi connectivity index (χ0v) is 12.3. The highest BCUT2D eigenvalue weighted by Gasteiger charge is 2.35. The Balaban J connectivity index is 2.01. The zero-order valence-electron chi connectivity index (χ0n) is 11.5. The molecule has 0 spiro atoms. The van der Waals surface area contributed by atoms with Gasteiger partial charge in [-0.3, -0.25) is 0 Å². The number of halogens is 1. The van der Waals surface area contributed by atoms with Crippen LogP contribution in [0.1, 0.15) is 56.1 Å². The predicted octanol–water partition coefficient (Wildman–Crippen LogP) is 4.31. The molecule has 2 N–H and O–H groups in total. The Kier molecular flexibility index (Phi) is 3.48. The van der Waals surface area contributed by atoms with Crippen LogP contribution in [0, 0.1) is 6.92 Å². The van der Waals surface area contributed by atoms with Crippen molar-refractivity contribution in [1.29, 1.82) is 0 Å². The number of aryl methyl sites for hydroxylation is 1. The highest BCUT2D eigenvalue weighted by atomic mass is 35.5. The molecule has 2 nitrogen and oxygen atoms in total. The normalized spacial score (nSPS) is 22.3. The molecule has 104 valence electrons. The van der Waals surface area contributed by atoms with E-state index in [1.165, 1.54) is 24.8 Å². The van der Waals surface area contributed by atoms with Crippen molar-refractivity contribution in [3.05, 3.63) is 28.3 Å². The first-order valence-corrected chi connectivity index (χ1v) is 7.72. The second-order valence-corrected chi connectivity index (χ2v) is 6.56. The van der Waals surface area contributed by atoms with Gasteiger partial charge in [0.1, 0.15) is 5.75 Å². The quantitative estimate of drug-likeness (QED) is 0.895. The molecule has 2 fully saturated rings. The minimum atomic E-state index is -0.252. The fraction of sp³-hybridized carbons (Fsp3) is 0.625. The Bertz CT molecular complexity index is 476. The Hall–Kier alpha value is -0.730. The molecule has 19 heavy (non-hydrogen) atoms. The molecule has 2 aliphatic rings. The molecule has 0 radical (unpaired) electrons. The maximum atomic E-state index is 6.68. The van der Waals surface area contributed by atoms with E-state index in [-0.39, 0.29) is 5.54 Å². The van der Waals surface area contributed by atoms with E-state index in [0.29, 0.717) is 6.10 Å². The number of nitrogens with two attached hydrogens (primary N) is 1. The smallest absolute Gasteiger partial charge is 0.143 e. The molecular formula is C16H22ClNO. The summed E-state index contributed by atoms with van der Waals surface area (Å²) in [5.41, 5.74) is 8.72. The van der Waals surface area contributed by atoms with Gasteiger partial charge in [0.05, 0.1) is 11.1 Å². The van der Waals surface area contributed by atoms with Crippen LogP contribution in [-0.4, -0.2) is 6.10 Å². The van der Waals surface area contributed by atoms with Gasteiger partial charge in [-0.25, -0.2) is 0 Å². The zero-order chi connectivity index (χ0) is 13.5. The van der Waals surface area contributed by atoms with Crippen LogP contribution in [0.15, 0.2) is 12.1 Å². The van der Waals surface area contributed by atoms with Crippen LogP contribution in [0.5, 0.6) is 5.75 Å². The third-order valence-corrected chi connectivity index (χ3v) is 4.56. The van der Waals surface area contributed by atoms with Crippen LogP contribution in [0.3, 0.4) is 0 Å². The van der Waals surface area contributed by atoms with E-state index >= 15 is 0 Å². The first kappa shape index (κ1) is 13.3. The van der Waals surface area contributed by atoms with E-state index in [9.17, 15) is 0 Å². The van der Waals surface area contributed by atoms with Gasteiger partial charge in [0.2, 0.25) is 0 Å². The molecule has 0 aromatic heterocycles. The Morgan fingerprint density at radius 2 is 1.89 bits per heavy atom. The summed E-state index contributed by atoms with van der Waals surface area (Å²) in [5, 5.41) is 0.720. The van der Waals surface area contributed by atoms with Crippen molar-refractivity contribution in [2.24, 2.45) is 5.73 Å². The molecule has 0 saturated heterocycles. The van der Waals surface area contributed by atoms with E-state index in [4.69, 9.17) is 22.1 Å². The summed E-state index contributed by atoms with van der Waals surface area (Å²) in [6.07, 6.45) is 8.39. The van der Waals surface area contributed by atoms with E-state index in [0.717, 1.165) is 42.0 Å². The number of rotatable bonds is 3. The highest BCUT2D eigenvalue weighted by molar-refractivity contribution is 6.32. The molecule has 1 aromatic rings. The molecule has 1 aromatic carbocycles. The van der Waals surface area contributed by atoms with Gasteiger partial charge in [0.15, 0.2) is 0 Å². The standard InChI is InChI=1S/C16H22ClNO/c1-11-9-13(16(18)7-3-2-4-8-16)15(14(17)10-11)19-12-5-6-12/h9-10,12H,2-8,18H2,1H3. The molecule has 0 atom stereocenters. The van der Waals surface area contributed by atoms with Crippen molar-refractivity contribution in [3.8, 4) is 5.75 Å². The predicted molar refractivity (Wildman–Crippen MR) is 78.8 cm³/mol. The largest absolute Gasteiger partial charge is 0.489 e. The van der Waals surface area contributed by atoms with Crippen molar-refractivity contribution in [2.75, 3.05) is 0 Å². The monoisotopic (exact) mass is 279 g/mol. The molecule has 0 amide bonds. The summed E-state index contributed by atoms with van der Waals surface area (Å²) in [4.78, 5) is 0. The topological polar surface area (TPSA) is 35.2 Å². The molecule has 2 aliphatic carbocycles. The van der Waals surface area contributed by atoms with E-state index in [2.05, 4.69) is 13.0 Å². The third-order valence-electron chi connectivity index (χ3n) is 4.28. The molecule has 0 heterocycles. The second-order valence-electron chi connectivity index (χ2n) is 6.16. The highest BCUT2D eigenvalue weighted by Crippen LogP contribution is 2.44. The van der Waals surface area contributed by atoms with Crippen LogP contribution in [0.25, 0.3) is 0 Å². The molecule has 3 rings (SSSR count). The number of benzene rings is 1. The lowest BCUT2D eigenvalue weighted by Crippen LogP contribution is -2.39. The summed E-state index contributed by atoms with van der Waals surface area (Å²) in [6, 6.07) is 4.16. The van der Waals surface area contributed by atoms with E-state index < -0.39 is 0 Å². The Morgan fingerprint density at radius 3 is 2.53 bits per heavy atom. The molecular weight excluding hydrogens is 258 g/mol. The van der Waals surface area contributed by atoms with Crippen LogP contribution in [0.4, 0.5) is 0 Å². The summed E-state index contributed by atoms with van der Waals surface area (Å²) in [5.74, 6) is 0.846. The summed E-state index contributed by atoms with van der Waals surface area (Å²) >= 11 is 6.41. The van der Waals surface area contributed by atoms with E-state index in [1.54, 1.807) is 0 Å². The average molecular weight is 280 g/mol. The first-order valence-electron chi connectivity index (χ1n) is 7.35. The van der Waals surface area contributed by atoms with Gasteiger partial charge in [0, 0.05) is 11.1 Å². The van der Waals surface area contributed by atoms with Crippen molar-refractivity contribution in [2.45, 2.75) is 63.5 Å². The van der Waals surface area contributed by atoms with Crippen molar-refractivity contribution < 1.29 is 4.74 Å². The summed E-state index contributed by atoms with van der Waals surface area (Å²) in [7, 11) is 0. The lowest BCUT2D eigenvalue weighted by Gasteiger charge is -2.35. The Labute approximate surface area is 120 Å². The van der Waals surface area contributed by atoms with Gasteiger partial charge in [-0.15, -0.1) is 0 Å². The molecule has 0 aliphatic heterocycles. The maximum absolute atomic E-state index is 6.68. The molecule has 3 heteroatoms.